The number of halogens is 1. The first-order valence-corrected chi connectivity index (χ1v) is 11.2. The Labute approximate surface area is 186 Å². The molecule has 0 bridgehead atoms. The average Bonchev–Trinajstić information content (AvgIpc) is 2.67. The van der Waals surface area contributed by atoms with Crippen LogP contribution >= 0.6 is 24.0 Å². The Hall–Kier alpha value is -1.61. The van der Waals surface area contributed by atoms with E-state index in [4.69, 9.17) is 0 Å². The molecule has 0 aliphatic heterocycles. The molecule has 0 aliphatic carbocycles. The van der Waals surface area contributed by atoms with Gasteiger partial charge in [-0.3, -0.25) is 4.99 Å². The van der Waals surface area contributed by atoms with Crippen molar-refractivity contribution in [3.05, 3.63) is 71.8 Å². The van der Waals surface area contributed by atoms with Crippen molar-refractivity contribution >= 4 is 39.8 Å². The number of guanidine groups is 1. The van der Waals surface area contributed by atoms with Gasteiger partial charge in [0.1, 0.15) is 9.84 Å². The third kappa shape index (κ3) is 8.60. The van der Waals surface area contributed by atoms with E-state index in [1.807, 2.05) is 43.3 Å². The minimum atomic E-state index is -2.96. The van der Waals surface area contributed by atoms with Gasteiger partial charge in [0.15, 0.2) is 5.96 Å². The summed E-state index contributed by atoms with van der Waals surface area (Å²) in [5.74, 6) is 1.03. The monoisotopic (exact) mass is 515 g/mol. The molecule has 0 heterocycles. The first kappa shape index (κ1) is 24.4. The average molecular weight is 515 g/mol. The Bertz CT molecular complexity index is 788. The molecule has 2 aromatic carbocycles. The van der Waals surface area contributed by atoms with Crippen molar-refractivity contribution in [1.82, 2.24) is 10.6 Å². The van der Waals surface area contributed by atoms with Gasteiger partial charge in [-0.25, -0.2) is 8.42 Å². The highest BCUT2D eigenvalue weighted by molar-refractivity contribution is 14.0. The van der Waals surface area contributed by atoms with E-state index in [-0.39, 0.29) is 41.7 Å². The first-order valence-electron chi connectivity index (χ1n) is 9.14. The SMILES string of the molecule is CN=C(NCC(c1ccccc1)c1ccccc1)NC(C)CCS(C)(=O)=O.I. The minimum Gasteiger partial charge on any atom is -0.355 e. The van der Waals surface area contributed by atoms with Crippen LogP contribution in [0.15, 0.2) is 65.7 Å². The van der Waals surface area contributed by atoms with Crippen molar-refractivity contribution < 1.29 is 8.42 Å². The molecule has 0 aliphatic rings. The van der Waals surface area contributed by atoms with E-state index in [1.165, 1.54) is 17.4 Å². The fourth-order valence-corrected chi connectivity index (χ4v) is 3.67. The molecular formula is C21H30IN3O2S. The normalized spacial score (nSPS) is 12.9. The molecule has 1 atom stereocenters. The molecule has 0 aromatic heterocycles. The van der Waals surface area contributed by atoms with Gasteiger partial charge in [-0.2, -0.15) is 0 Å². The molecule has 2 rings (SSSR count). The Morgan fingerprint density at radius 1 is 1.00 bits per heavy atom. The van der Waals surface area contributed by atoms with E-state index >= 15 is 0 Å². The van der Waals surface area contributed by atoms with Gasteiger partial charge in [0, 0.05) is 31.8 Å². The quantitative estimate of drug-likeness (QED) is 0.321. The van der Waals surface area contributed by atoms with Crippen molar-refractivity contribution in [2.75, 3.05) is 25.6 Å². The molecule has 5 nitrogen and oxygen atoms in total. The van der Waals surface area contributed by atoms with Crippen molar-refractivity contribution in [2.45, 2.75) is 25.3 Å². The minimum absolute atomic E-state index is 0. The zero-order chi connectivity index (χ0) is 19.7. The van der Waals surface area contributed by atoms with E-state index < -0.39 is 9.84 Å². The van der Waals surface area contributed by atoms with Gasteiger partial charge in [0.05, 0.1) is 5.75 Å². The predicted molar refractivity (Wildman–Crippen MR) is 128 cm³/mol. The smallest absolute Gasteiger partial charge is 0.191 e. The van der Waals surface area contributed by atoms with Crippen LogP contribution in [0.4, 0.5) is 0 Å². The first-order chi connectivity index (χ1) is 12.9. The number of benzene rings is 2. The number of nitrogens with one attached hydrogen (secondary N) is 2. The Balaban J connectivity index is 0.00000392. The van der Waals surface area contributed by atoms with E-state index in [9.17, 15) is 8.42 Å². The van der Waals surface area contributed by atoms with Crippen LogP contribution in [0.1, 0.15) is 30.4 Å². The summed E-state index contributed by atoms with van der Waals surface area (Å²) in [4.78, 5) is 4.28. The Morgan fingerprint density at radius 3 is 1.93 bits per heavy atom. The zero-order valence-electron chi connectivity index (χ0n) is 16.6. The Morgan fingerprint density at radius 2 is 1.50 bits per heavy atom. The van der Waals surface area contributed by atoms with E-state index in [1.54, 1.807) is 7.05 Å². The lowest BCUT2D eigenvalue weighted by molar-refractivity contribution is 0.580. The van der Waals surface area contributed by atoms with Crippen LogP contribution in [-0.4, -0.2) is 46.0 Å². The van der Waals surface area contributed by atoms with Crippen LogP contribution in [0.25, 0.3) is 0 Å². The Kier molecular flexibility index (Phi) is 10.5. The van der Waals surface area contributed by atoms with Crippen LogP contribution in [0.3, 0.4) is 0 Å². The number of sulfone groups is 1. The van der Waals surface area contributed by atoms with Crippen molar-refractivity contribution in [3.63, 3.8) is 0 Å². The maximum atomic E-state index is 11.3. The third-order valence-corrected chi connectivity index (χ3v) is 5.38. The van der Waals surface area contributed by atoms with Crippen LogP contribution in [0.5, 0.6) is 0 Å². The zero-order valence-corrected chi connectivity index (χ0v) is 19.8. The van der Waals surface area contributed by atoms with E-state index in [0.29, 0.717) is 18.9 Å². The van der Waals surface area contributed by atoms with Crippen LogP contribution in [-0.2, 0) is 9.84 Å². The molecule has 7 heteroatoms. The highest BCUT2D eigenvalue weighted by Crippen LogP contribution is 2.23. The van der Waals surface area contributed by atoms with Crippen LogP contribution in [0.2, 0.25) is 0 Å². The lowest BCUT2D eigenvalue weighted by Gasteiger charge is -2.22. The number of hydrogen-bond acceptors (Lipinski definition) is 3. The molecule has 28 heavy (non-hydrogen) atoms. The lowest BCUT2D eigenvalue weighted by Crippen LogP contribution is -2.44. The highest BCUT2D eigenvalue weighted by Gasteiger charge is 2.15. The summed E-state index contributed by atoms with van der Waals surface area (Å²) in [5.41, 5.74) is 2.47. The summed E-state index contributed by atoms with van der Waals surface area (Å²) >= 11 is 0. The second-order valence-electron chi connectivity index (χ2n) is 6.79. The van der Waals surface area contributed by atoms with Gasteiger partial charge >= 0.3 is 0 Å². The molecule has 2 N–H and O–H groups in total. The second-order valence-corrected chi connectivity index (χ2v) is 9.05. The molecule has 0 saturated carbocycles. The number of aliphatic imine (C=N–C) groups is 1. The van der Waals surface area contributed by atoms with Crippen LogP contribution in [0, 0.1) is 0 Å². The number of nitrogens with zero attached hydrogens (tertiary/aromatic N) is 1. The van der Waals surface area contributed by atoms with Crippen molar-refractivity contribution in [3.8, 4) is 0 Å². The molecule has 0 radical (unpaired) electrons. The molecule has 154 valence electrons. The fraction of sp³-hybridized carbons (Fsp3) is 0.381. The lowest BCUT2D eigenvalue weighted by atomic mass is 9.91. The predicted octanol–water partition coefficient (Wildman–Crippen LogP) is 3.42. The van der Waals surface area contributed by atoms with Gasteiger partial charge in [-0.1, -0.05) is 60.7 Å². The molecule has 2 aromatic rings. The van der Waals surface area contributed by atoms with Gasteiger partial charge in [-0.15, -0.1) is 24.0 Å². The number of hydrogen-bond donors (Lipinski definition) is 2. The summed E-state index contributed by atoms with van der Waals surface area (Å²) in [6, 6.07) is 20.8. The molecule has 1 unspecified atom stereocenters. The molecule has 0 spiro atoms. The largest absolute Gasteiger partial charge is 0.355 e. The molecule has 0 amide bonds. The third-order valence-electron chi connectivity index (χ3n) is 4.41. The van der Waals surface area contributed by atoms with Crippen molar-refractivity contribution in [1.29, 1.82) is 0 Å². The maximum Gasteiger partial charge on any atom is 0.191 e. The van der Waals surface area contributed by atoms with Crippen LogP contribution < -0.4 is 10.6 Å². The summed E-state index contributed by atoms with van der Waals surface area (Å²) in [7, 11) is -1.24. The summed E-state index contributed by atoms with van der Waals surface area (Å²) in [6.45, 7) is 2.65. The van der Waals surface area contributed by atoms with Gasteiger partial charge < -0.3 is 10.6 Å². The maximum absolute atomic E-state index is 11.3. The topological polar surface area (TPSA) is 70.6 Å². The molecule has 0 saturated heterocycles. The van der Waals surface area contributed by atoms with Gasteiger partial charge in [-0.05, 0) is 24.5 Å². The van der Waals surface area contributed by atoms with Gasteiger partial charge in [0.2, 0.25) is 0 Å². The fourth-order valence-electron chi connectivity index (χ4n) is 2.89. The second kappa shape index (κ2) is 12.1. The van der Waals surface area contributed by atoms with Gasteiger partial charge in [0.25, 0.3) is 0 Å². The summed E-state index contributed by atoms with van der Waals surface area (Å²) in [5, 5.41) is 6.66. The highest BCUT2D eigenvalue weighted by atomic mass is 127. The van der Waals surface area contributed by atoms with Crippen molar-refractivity contribution in [2.24, 2.45) is 4.99 Å². The molecular weight excluding hydrogens is 485 g/mol. The van der Waals surface area contributed by atoms with E-state index in [2.05, 4.69) is 39.9 Å². The summed E-state index contributed by atoms with van der Waals surface area (Å²) in [6.07, 6.45) is 1.80. The summed E-state index contributed by atoms with van der Waals surface area (Å²) < 4.78 is 22.7. The van der Waals surface area contributed by atoms with E-state index in [0.717, 1.165) is 0 Å². The standard InChI is InChI=1S/C21H29N3O2S.HI/c1-17(14-15-27(3,25)26)24-21(22-2)23-16-20(18-10-6-4-7-11-18)19-12-8-5-9-13-19;/h4-13,17,20H,14-16H2,1-3H3,(H2,22,23,24);1H. The number of rotatable bonds is 8. The molecule has 0 fully saturated rings.